The van der Waals surface area contributed by atoms with Crippen molar-refractivity contribution in [2.75, 3.05) is 23.8 Å². The molecule has 0 bridgehead atoms. The molecule has 6 nitrogen and oxygen atoms in total. The van der Waals surface area contributed by atoms with Crippen molar-refractivity contribution >= 4 is 34.9 Å². The summed E-state index contributed by atoms with van der Waals surface area (Å²) in [4.78, 5) is 33.2. The summed E-state index contributed by atoms with van der Waals surface area (Å²) in [5, 5.41) is 3.66. The van der Waals surface area contributed by atoms with Gasteiger partial charge in [-0.2, -0.15) is 0 Å². The van der Waals surface area contributed by atoms with E-state index in [2.05, 4.69) is 10.3 Å². The van der Waals surface area contributed by atoms with E-state index in [4.69, 9.17) is 11.6 Å². The number of carbonyl (C=O) groups excluding carboxylic acids is 2. The highest BCUT2D eigenvalue weighted by atomic mass is 35.5. The predicted molar refractivity (Wildman–Crippen MR) is 118 cm³/mol. The highest BCUT2D eigenvalue weighted by molar-refractivity contribution is 6.30. The average molecular weight is 421 g/mol. The van der Waals surface area contributed by atoms with Crippen molar-refractivity contribution in [1.29, 1.82) is 0 Å². The molecule has 4 rings (SSSR count). The Balaban J connectivity index is 1.58. The second-order valence-corrected chi connectivity index (χ2v) is 7.63. The zero-order valence-electron chi connectivity index (χ0n) is 16.5. The number of nitrogens with one attached hydrogen (secondary N) is 1. The maximum absolute atomic E-state index is 13.0. The molecule has 2 amide bonds. The summed E-state index contributed by atoms with van der Waals surface area (Å²) in [5.41, 5.74) is 3.02. The van der Waals surface area contributed by atoms with Gasteiger partial charge in [-0.1, -0.05) is 54.1 Å². The third-order valence-electron chi connectivity index (χ3n) is 4.98. The first kappa shape index (κ1) is 19.9. The van der Waals surface area contributed by atoms with Crippen molar-refractivity contribution in [3.8, 4) is 0 Å². The van der Waals surface area contributed by atoms with E-state index in [0.29, 0.717) is 35.2 Å². The van der Waals surface area contributed by atoms with Gasteiger partial charge in [0.05, 0.1) is 24.3 Å². The van der Waals surface area contributed by atoms with Gasteiger partial charge in [-0.15, -0.1) is 0 Å². The molecule has 2 heterocycles. The smallest absolute Gasteiger partial charge is 0.255 e. The molecule has 7 heteroatoms. The number of nitrogens with zero attached hydrogens (tertiary/aromatic N) is 3. The van der Waals surface area contributed by atoms with Crippen molar-refractivity contribution in [2.24, 2.45) is 0 Å². The highest BCUT2D eigenvalue weighted by Crippen LogP contribution is 2.30. The molecular weight excluding hydrogens is 400 g/mol. The molecule has 0 spiro atoms. The fourth-order valence-electron chi connectivity index (χ4n) is 3.40. The summed E-state index contributed by atoms with van der Waals surface area (Å²) < 4.78 is 0. The van der Waals surface area contributed by atoms with E-state index in [0.717, 1.165) is 11.1 Å². The number of pyridine rings is 1. The number of halogens is 1. The van der Waals surface area contributed by atoms with Crippen LogP contribution in [0.1, 0.15) is 21.5 Å². The van der Waals surface area contributed by atoms with Crippen LogP contribution in [0.5, 0.6) is 0 Å². The molecule has 1 aliphatic heterocycles. The van der Waals surface area contributed by atoms with E-state index in [9.17, 15) is 9.59 Å². The number of anilines is 2. The zero-order valence-corrected chi connectivity index (χ0v) is 17.3. The predicted octanol–water partition coefficient (Wildman–Crippen LogP) is 3.97. The zero-order chi connectivity index (χ0) is 21.1. The van der Waals surface area contributed by atoms with Crippen LogP contribution in [0.25, 0.3) is 0 Å². The van der Waals surface area contributed by atoms with Crippen molar-refractivity contribution in [3.63, 3.8) is 0 Å². The van der Waals surface area contributed by atoms with Crippen LogP contribution in [-0.2, 0) is 17.9 Å². The molecule has 0 saturated heterocycles. The van der Waals surface area contributed by atoms with Gasteiger partial charge in [-0.05, 0) is 29.3 Å². The first-order chi connectivity index (χ1) is 14.5. The third-order valence-corrected chi connectivity index (χ3v) is 5.23. The number of carbonyl (C=O) groups is 2. The summed E-state index contributed by atoms with van der Waals surface area (Å²) in [6, 6.07) is 18.9. The molecule has 2 aromatic carbocycles. The van der Waals surface area contributed by atoms with E-state index < -0.39 is 0 Å². The Morgan fingerprint density at radius 2 is 1.87 bits per heavy atom. The van der Waals surface area contributed by atoms with E-state index in [1.807, 2.05) is 42.5 Å². The highest BCUT2D eigenvalue weighted by Gasteiger charge is 2.27. The Morgan fingerprint density at radius 1 is 1.13 bits per heavy atom. The van der Waals surface area contributed by atoms with Gasteiger partial charge in [0.2, 0.25) is 5.91 Å². The Hall–Kier alpha value is -3.38. The molecule has 1 aromatic heterocycles. The van der Waals surface area contributed by atoms with Crippen LogP contribution in [0.4, 0.5) is 11.5 Å². The minimum atomic E-state index is -0.154. The second-order valence-electron chi connectivity index (χ2n) is 7.20. The van der Waals surface area contributed by atoms with Gasteiger partial charge in [-0.3, -0.25) is 9.59 Å². The van der Waals surface area contributed by atoms with Gasteiger partial charge in [0, 0.05) is 24.8 Å². The largest absolute Gasteiger partial charge is 0.359 e. The van der Waals surface area contributed by atoms with Crippen molar-refractivity contribution < 1.29 is 9.59 Å². The monoisotopic (exact) mass is 420 g/mol. The Morgan fingerprint density at radius 3 is 2.60 bits per heavy atom. The lowest BCUT2D eigenvalue weighted by Crippen LogP contribution is -2.40. The summed E-state index contributed by atoms with van der Waals surface area (Å²) >= 11 is 5.96. The molecule has 1 aliphatic rings. The van der Waals surface area contributed by atoms with Gasteiger partial charge < -0.3 is 15.1 Å². The molecule has 152 valence electrons. The van der Waals surface area contributed by atoms with Crippen LogP contribution >= 0.6 is 11.6 Å². The van der Waals surface area contributed by atoms with E-state index in [1.165, 1.54) is 0 Å². The Bertz CT molecular complexity index is 1070. The van der Waals surface area contributed by atoms with Crippen molar-refractivity contribution in [2.45, 2.75) is 13.1 Å². The lowest BCUT2D eigenvalue weighted by Gasteiger charge is -2.30. The van der Waals surface area contributed by atoms with Gasteiger partial charge in [0.25, 0.3) is 5.91 Å². The number of rotatable bonds is 5. The minimum absolute atomic E-state index is 0.0820. The van der Waals surface area contributed by atoms with Gasteiger partial charge in [0.15, 0.2) is 5.82 Å². The van der Waals surface area contributed by atoms with Crippen LogP contribution in [0, 0.1) is 0 Å². The molecule has 30 heavy (non-hydrogen) atoms. The first-order valence-corrected chi connectivity index (χ1v) is 9.97. The van der Waals surface area contributed by atoms with Gasteiger partial charge in [-0.25, -0.2) is 4.98 Å². The van der Waals surface area contributed by atoms with E-state index in [1.54, 1.807) is 41.2 Å². The maximum atomic E-state index is 13.0. The number of aromatic nitrogens is 1. The minimum Gasteiger partial charge on any atom is -0.359 e. The van der Waals surface area contributed by atoms with Crippen LogP contribution in [0.2, 0.25) is 5.02 Å². The van der Waals surface area contributed by atoms with Crippen molar-refractivity contribution in [3.05, 3.63) is 88.6 Å². The summed E-state index contributed by atoms with van der Waals surface area (Å²) in [7, 11) is 1.75. The summed E-state index contributed by atoms with van der Waals surface area (Å²) in [5.74, 6) is 0.353. The lowest BCUT2D eigenvalue weighted by molar-refractivity contribution is -0.117. The molecule has 0 atom stereocenters. The molecular formula is C23H21ClN4O2. The SMILES string of the molecule is CN(Cc1ccccc1)C(=O)c1cnc2c(c1)N(Cc1ccc(Cl)cc1)C(=O)CN2. The normalized spacial score (nSPS) is 12.9. The fraction of sp³-hybridized carbons (Fsp3) is 0.174. The lowest BCUT2D eigenvalue weighted by atomic mass is 10.1. The molecule has 1 N–H and O–H groups in total. The van der Waals surface area contributed by atoms with Crippen LogP contribution in [0.15, 0.2) is 66.9 Å². The van der Waals surface area contributed by atoms with E-state index in [-0.39, 0.29) is 18.4 Å². The number of hydrogen-bond acceptors (Lipinski definition) is 4. The van der Waals surface area contributed by atoms with Crippen LogP contribution in [-0.4, -0.2) is 35.3 Å². The Kier molecular flexibility index (Phi) is 5.68. The third kappa shape index (κ3) is 4.28. The number of hydrogen-bond donors (Lipinski definition) is 1. The first-order valence-electron chi connectivity index (χ1n) is 9.59. The fourth-order valence-corrected chi connectivity index (χ4v) is 3.52. The van der Waals surface area contributed by atoms with Gasteiger partial charge in [0.1, 0.15) is 0 Å². The maximum Gasteiger partial charge on any atom is 0.255 e. The number of fused-ring (bicyclic) bond motifs is 1. The van der Waals surface area contributed by atoms with Crippen LogP contribution < -0.4 is 10.2 Å². The molecule has 0 aliphatic carbocycles. The molecule has 0 radical (unpaired) electrons. The number of amides is 2. The molecule has 3 aromatic rings. The topological polar surface area (TPSA) is 65.5 Å². The second kappa shape index (κ2) is 8.55. The van der Waals surface area contributed by atoms with Gasteiger partial charge >= 0.3 is 0 Å². The quantitative estimate of drug-likeness (QED) is 0.678. The van der Waals surface area contributed by atoms with Crippen molar-refractivity contribution in [1.82, 2.24) is 9.88 Å². The summed E-state index contributed by atoms with van der Waals surface area (Å²) in [6.07, 6.45) is 1.55. The van der Waals surface area contributed by atoms with Crippen LogP contribution in [0.3, 0.4) is 0 Å². The Labute approximate surface area is 180 Å². The van der Waals surface area contributed by atoms with E-state index >= 15 is 0 Å². The average Bonchev–Trinajstić information content (AvgIpc) is 2.77. The standard InChI is InChI=1S/C23H21ClN4O2/c1-27(14-16-5-3-2-4-6-16)23(30)18-11-20-22(25-12-18)26-13-21(29)28(20)15-17-7-9-19(24)10-8-17/h2-12H,13-15H2,1H3,(H,25,26). The molecule has 0 unspecified atom stereocenters. The summed E-state index contributed by atoms with van der Waals surface area (Å²) in [6.45, 7) is 1.03. The molecule has 0 saturated carbocycles. The number of benzene rings is 2. The molecule has 0 fully saturated rings.